The largest absolute Gasteiger partial charge is 0.417 e. The van der Waals surface area contributed by atoms with Gasteiger partial charge in [0.25, 0.3) is 5.91 Å². The van der Waals surface area contributed by atoms with E-state index in [-0.39, 0.29) is 17.5 Å². The van der Waals surface area contributed by atoms with E-state index in [0.29, 0.717) is 32.4 Å². The van der Waals surface area contributed by atoms with E-state index in [2.05, 4.69) is 5.32 Å². The first-order valence-electron chi connectivity index (χ1n) is 8.62. The number of amides is 2. The number of alkyl halides is 3. The van der Waals surface area contributed by atoms with Gasteiger partial charge in [0.15, 0.2) is 0 Å². The van der Waals surface area contributed by atoms with Gasteiger partial charge in [-0.15, -0.1) is 11.3 Å². The Balaban J connectivity index is 1.56. The van der Waals surface area contributed by atoms with Crippen molar-refractivity contribution in [1.29, 1.82) is 0 Å². The molecule has 1 aromatic heterocycles. The number of piperidine rings is 1. The van der Waals surface area contributed by atoms with Gasteiger partial charge in [0.1, 0.15) is 0 Å². The van der Waals surface area contributed by atoms with Gasteiger partial charge in [-0.25, -0.2) is 0 Å². The minimum atomic E-state index is -4.57. The molecular weight excluding hydrogens is 377 g/mol. The number of carbonyl (C=O) groups is 2. The van der Waals surface area contributed by atoms with Gasteiger partial charge < -0.3 is 10.2 Å². The molecule has 2 heterocycles. The van der Waals surface area contributed by atoms with E-state index in [1.165, 1.54) is 34.4 Å². The normalized spacial score (nSPS) is 15.6. The molecule has 1 aliphatic rings. The van der Waals surface area contributed by atoms with Gasteiger partial charge in [0, 0.05) is 24.0 Å². The van der Waals surface area contributed by atoms with Crippen LogP contribution in [0, 0.1) is 0 Å². The van der Waals surface area contributed by atoms with Crippen molar-refractivity contribution in [2.24, 2.45) is 0 Å². The van der Waals surface area contributed by atoms with Crippen LogP contribution in [0.5, 0.6) is 0 Å². The maximum atomic E-state index is 13.1. The van der Waals surface area contributed by atoms with Gasteiger partial charge in [0.2, 0.25) is 5.91 Å². The Morgan fingerprint density at radius 1 is 1.11 bits per heavy atom. The molecule has 8 heteroatoms. The van der Waals surface area contributed by atoms with Crippen molar-refractivity contribution in [2.75, 3.05) is 13.1 Å². The van der Waals surface area contributed by atoms with Crippen molar-refractivity contribution in [3.05, 3.63) is 57.8 Å². The molecule has 0 atom stereocenters. The molecule has 4 nitrogen and oxygen atoms in total. The smallest absolute Gasteiger partial charge is 0.353 e. The van der Waals surface area contributed by atoms with Crippen LogP contribution in [0.4, 0.5) is 13.2 Å². The monoisotopic (exact) mass is 396 g/mol. The molecule has 1 N–H and O–H groups in total. The number of nitrogens with zero attached hydrogens (tertiary/aromatic N) is 1. The first-order valence-corrected chi connectivity index (χ1v) is 9.50. The Hall–Kier alpha value is -2.35. The van der Waals surface area contributed by atoms with E-state index in [1.54, 1.807) is 0 Å². The third-order valence-electron chi connectivity index (χ3n) is 4.53. The van der Waals surface area contributed by atoms with Crippen LogP contribution in [0.3, 0.4) is 0 Å². The summed E-state index contributed by atoms with van der Waals surface area (Å²) in [5.74, 6) is -0.698. The summed E-state index contributed by atoms with van der Waals surface area (Å²) in [6, 6.07) is 8.54. The van der Waals surface area contributed by atoms with Gasteiger partial charge in [-0.3, -0.25) is 9.59 Å². The molecule has 0 radical (unpaired) electrons. The molecule has 1 saturated heterocycles. The molecule has 0 unspecified atom stereocenters. The van der Waals surface area contributed by atoms with Crippen LogP contribution >= 0.6 is 11.3 Å². The lowest BCUT2D eigenvalue weighted by molar-refractivity contribution is -0.138. The lowest BCUT2D eigenvalue weighted by atomic mass is 10.0. The number of likely N-dealkylation sites (tertiary alicyclic amines) is 1. The van der Waals surface area contributed by atoms with Crippen molar-refractivity contribution in [1.82, 2.24) is 10.2 Å². The number of hydrogen-bond donors (Lipinski definition) is 1. The van der Waals surface area contributed by atoms with E-state index in [0.717, 1.165) is 10.9 Å². The quantitative estimate of drug-likeness (QED) is 0.856. The highest BCUT2D eigenvalue weighted by atomic mass is 32.1. The Kier molecular flexibility index (Phi) is 5.84. The predicted octanol–water partition coefficient (Wildman–Crippen LogP) is 3.73. The second-order valence-electron chi connectivity index (χ2n) is 6.43. The maximum absolute atomic E-state index is 13.1. The Bertz CT molecular complexity index is 798. The van der Waals surface area contributed by atoms with E-state index in [1.807, 2.05) is 17.5 Å². The van der Waals surface area contributed by atoms with Gasteiger partial charge in [0.05, 0.1) is 17.5 Å². The summed E-state index contributed by atoms with van der Waals surface area (Å²) in [6.45, 7) is 0.629. The molecule has 0 saturated carbocycles. The van der Waals surface area contributed by atoms with Crippen molar-refractivity contribution < 1.29 is 22.8 Å². The average Bonchev–Trinajstić information content (AvgIpc) is 3.14. The first kappa shape index (κ1) is 19.4. The summed E-state index contributed by atoms with van der Waals surface area (Å²) in [7, 11) is 0. The molecule has 1 aliphatic heterocycles. The second-order valence-corrected chi connectivity index (χ2v) is 7.47. The number of carbonyl (C=O) groups excluding carboxylic acids is 2. The zero-order chi connectivity index (χ0) is 19.4. The van der Waals surface area contributed by atoms with Crippen LogP contribution in [-0.2, 0) is 17.4 Å². The van der Waals surface area contributed by atoms with Crippen molar-refractivity contribution in [3.8, 4) is 0 Å². The predicted molar refractivity (Wildman–Crippen MR) is 96.5 cm³/mol. The van der Waals surface area contributed by atoms with Crippen LogP contribution in [0.1, 0.15) is 33.6 Å². The average molecular weight is 396 g/mol. The number of benzene rings is 1. The highest BCUT2D eigenvalue weighted by Gasteiger charge is 2.36. The summed E-state index contributed by atoms with van der Waals surface area (Å²) < 4.78 is 39.4. The first-order chi connectivity index (χ1) is 12.8. The fourth-order valence-electron chi connectivity index (χ4n) is 3.16. The van der Waals surface area contributed by atoms with E-state index >= 15 is 0 Å². The minimum Gasteiger partial charge on any atom is -0.353 e. The molecule has 144 valence electrons. The van der Waals surface area contributed by atoms with Crippen molar-refractivity contribution >= 4 is 23.2 Å². The van der Waals surface area contributed by atoms with Gasteiger partial charge in [-0.05, 0) is 36.4 Å². The van der Waals surface area contributed by atoms with E-state index in [4.69, 9.17) is 0 Å². The summed E-state index contributed by atoms with van der Waals surface area (Å²) in [6.07, 6.45) is -3.21. The second kappa shape index (κ2) is 8.12. The molecule has 2 aromatic rings. The number of thiophene rings is 1. The summed E-state index contributed by atoms with van der Waals surface area (Å²) in [5.41, 5.74) is -1.24. The van der Waals surface area contributed by atoms with Gasteiger partial charge in [-0.1, -0.05) is 18.2 Å². The third kappa shape index (κ3) is 4.88. The van der Waals surface area contributed by atoms with Crippen LogP contribution in [-0.4, -0.2) is 35.8 Å². The maximum Gasteiger partial charge on any atom is 0.417 e. The standard InChI is InChI=1S/C19H19F3N2O2S/c20-19(21,22)16-6-2-1-5-15(16)18(26)24-9-7-13(8-10-24)23-17(25)12-14-4-3-11-27-14/h1-6,11,13H,7-10,12H2,(H,23,25). The molecule has 0 bridgehead atoms. The minimum absolute atomic E-state index is 0.0700. The topological polar surface area (TPSA) is 49.4 Å². The summed E-state index contributed by atoms with van der Waals surface area (Å²) in [4.78, 5) is 27.0. The fraction of sp³-hybridized carbons (Fsp3) is 0.368. The SMILES string of the molecule is O=C(Cc1cccs1)NC1CCN(C(=O)c2ccccc2C(F)(F)F)CC1. The number of rotatable bonds is 4. The Morgan fingerprint density at radius 3 is 2.44 bits per heavy atom. The molecule has 0 aliphatic carbocycles. The lowest BCUT2D eigenvalue weighted by Crippen LogP contribution is -2.47. The molecule has 0 spiro atoms. The van der Waals surface area contributed by atoms with E-state index < -0.39 is 17.6 Å². The Morgan fingerprint density at radius 2 is 1.81 bits per heavy atom. The van der Waals surface area contributed by atoms with Crippen LogP contribution in [0.2, 0.25) is 0 Å². The van der Waals surface area contributed by atoms with E-state index in [9.17, 15) is 22.8 Å². The molecule has 2 amide bonds. The van der Waals surface area contributed by atoms with Crippen LogP contribution < -0.4 is 5.32 Å². The van der Waals surface area contributed by atoms with Crippen molar-refractivity contribution in [2.45, 2.75) is 31.5 Å². The fourth-order valence-corrected chi connectivity index (χ4v) is 3.87. The lowest BCUT2D eigenvalue weighted by Gasteiger charge is -2.33. The molecule has 27 heavy (non-hydrogen) atoms. The molecule has 1 aromatic carbocycles. The molecule has 1 fully saturated rings. The van der Waals surface area contributed by atoms with Crippen LogP contribution in [0.25, 0.3) is 0 Å². The summed E-state index contributed by atoms with van der Waals surface area (Å²) >= 11 is 1.51. The zero-order valence-electron chi connectivity index (χ0n) is 14.5. The van der Waals surface area contributed by atoms with Crippen LogP contribution in [0.15, 0.2) is 41.8 Å². The van der Waals surface area contributed by atoms with Gasteiger partial charge >= 0.3 is 6.18 Å². The Labute approximate surface area is 159 Å². The molecule has 3 rings (SSSR count). The van der Waals surface area contributed by atoms with Gasteiger partial charge in [-0.2, -0.15) is 13.2 Å². The summed E-state index contributed by atoms with van der Waals surface area (Å²) in [5, 5.41) is 4.85. The highest BCUT2D eigenvalue weighted by molar-refractivity contribution is 7.10. The number of halogens is 3. The molecular formula is C19H19F3N2O2S. The number of nitrogens with one attached hydrogen (secondary N) is 1. The highest BCUT2D eigenvalue weighted by Crippen LogP contribution is 2.32. The number of hydrogen-bond acceptors (Lipinski definition) is 3. The third-order valence-corrected chi connectivity index (χ3v) is 5.40. The van der Waals surface area contributed by atoms with Crippen molar-refractivity contribution in [3.63, 3.8) is 0 Å². The zero-order valence-corrected chi connectivity index (χ0v) is 15.3.